The summed E-state index contributed by atoms with van der Waals surface area (Å²) in [6.45, 7) is 0. The van der Waals surface area contributed by atoms with Crippen molar-refractivity contribution in [1.82, 2.24) is 0 Å². The molecule has 0 amide bonds. The minimum Gasteiger partial charge on any atom is -0.497 e. The van der Waals surface area contributed by atoms with Gasteiger partial charge in [-0.3, -0.25) is 4.79 Å². The maximum absolute atomic E-state index is 10.7. The second-order valence-corrected chi connectivity index (χ2v) is 4.45. The van der Waals surface area contributed by atoms with Crippen molar-refractivity contribution < 1.29 is 19.4 Å². The van der Waals surface area contributed by atoms with Crippen LogP contribution in [0.2, 0.25) is 0 Å². The van der Waals surface area contributed by atoms with E-state index in [9.17, 15) is 4.79 Å². The molecule has 0 aliphatic carbocycles. The number of carboxylic acids is 1. The van der Waals surface area contributed by atoms with Gasteiger partial charge in [-0.2, -0.15) is 0 Å². The first-order valence-corrected chi connectivity index (χ1v) is 6.21. The summed E-state index contributed by atoms with van der Waals surface area (Å²) in [5, 5.41) is 8.78. The number of nitrogen functional groups attached to an aromatic ring is 2. The molecular weight excluding hydrogens is 272 g/mol. The lowest BCUT2D eigenvalue weighted by Gasteiger charge is -2.13. The zero-order valence-corrected chi connectivity index (χ0v) is 11.5. The minimum absolute atomic E-state index is 0.142. The number of hydrogen-bond acceptors (Lipinski definition) is 5. The summed E-state index contributed by atoms with van der Waals surface area (Å²) in [4.78, 5) is 10.7. The normalized spacial score (nSPS) is 10.1. The van der Waals surface area contributed by atoms with Crippen molar-refractivity contribution in [3.63, 3.8) is 0 Å². The Morgan fingerprint density at radius 2 is 1.62 bits per heavy atom. The highest BCUT2D eigenvalue weighted by atomic mass is 16.5. The Kier molecular flexibility index (Phi) is 4.18. The summed E-state index contributed by atoms with van der Waals surface area (Å²) < 4.78 is 10.7. The van der Waals surface area contributed by atoms with Crippen LogP contribution in [0.15, 0.2) is 36.4 Å². The molecule has 0 fully saturated rings. The van der Waals surface area contributed by atoms with E-state index in [0.717, 1.165) is 0 Å². The summed E-state index contributed by atoms with van der Waals surface area (Å²) in [6, 6.07) is 10.0. The van der Waals surface area contributed by atoms with Crippen molar-refractivity contribution in [2.75, 3.05) is 18.6 Å². The largest absolute Gasteiger partial charge is 0.497 e. The molecule has 0 atom stereocenters. The first-order valence-electron chi connectivity index (χ1n) is 6.21. The van der Waals surface area contributed by atoms with Gasteiger partial charge in [0.2, 0.25) is 0 Å². The molecule has 110 valence electrons. The van der Waals surface area contributed by atoms with E-state index in [-0.39, 0.29) is 6.42 Å². The van der Waals surface area contributed by atoms with E-state index in [4.69, 9.17) is 26.0 Å². The van der Waals surface area contributed by atoms with Crippen LogP contribution in [0.5, 0.6) is 17.2 Å². The SMILES string of the molecule is COc1ccc(Oc2c(N)cc(CC(=O)O)cc2N)cc1. The number of aliphatic carboxylic acids is 1. The number of benzene rings is 2. The Labute approximate surface area is 121 Å². The topological polar surface area (TPSA) is 108 Å². The van der Waals surface area contributed by atoms with Gasteiger partial charge in [-0.1, -0.05) is 0 Å². The second-order valence-electron chi connectivity index (χ2n) is 4.45. The Morgan fingerprint density at radius 3 is 2.10 bits per heavy atom. The van der Waals surface area contributed by atoms with Crippen LogP contribution in [0.1, 0.15) is 5.56 Å². The molecule has 0 aromatic heterocycles. The molecule has 2 aromatic carbocycles. The van der Waals surface area contributed by atoms with Crippen LogP contribution in [0, 0.1) is 0 Å². The van der Waals surface area contributed by atoms with Crippen LogP contribution in [-0.4, -0.2) is 18.2 Å². The van der Waals surface area contributed by atoms with Crippen molar-refractivity contribution in [2.24, 2.45) is 0 Å². The lowest BCUT2D eigenvalue weighted by atomic mass is 10.1. The summed E-state index contributed by atoms with van der Waals surface area (Å²) in [5.41, 5.74) is 12.9. The minimum atomic E-state index is -0.947. The standard InChI is InChI=1S/C15H16N2O4/c1-20-10-2-4-11(5-3-10)21-15-12(16)6-9(7-13(15)17)8-14(18)19/h2-7H,8,16-17H2,1H3,(H,18,19). The van der Waals surface area contributed by atoms with E-state index in [1.165, 1.54) is 0 Å². The lowest BCUT2D eigenvalue weighted by Crippen LogP contribution is -2.04. The number of nitrogens with two attached hydrogens (primary N) is 2. The van der Waals surface area contributed by atoms with Gasteiger partial charge in [0.25, 0.3) is 0 Å². The number of hydrogen-bond donors (Lipinski definition) is 3. The predicted molar refractivity (Wildman–Crippen MR) is 79.7 cm³/mol. The van der Waals surface area contributed by atoms with Gasteiger partial charge in [0.15, 0.2) is 5.75 Å². The van der Waals surface area contributed by atoms with E-state index in [2.05, 4.69) is 0 Å². The molecule has 2 aromatic rings. The number of anilines is 2. The smallest absolute Gasteiger partial charge is 0.307 e. The first-order chi connectivity index (χ1) is 9.99. The van der Waals surface area contributed by atoms with Crippen molar-refractivity contribution >= 4 is 17.3 Å². The molecule has 0 unspecified atom stereocenters. The number of ether oxygens (including phenoxy) is 2. The van der Waals surface area contributed by atoms with Gasteiger partial charge < -0.3 is 26.0 Å². The third-order valence-electron chi connectivity index (χ3n) is 2.84. The highest BCUT2D eigenvalue weighted by Crippen LogP contribution is 2.35. The fourth-order valence-corrected chi connectivity index (χ4v) is 1.90. The summed E-state index contributed by atoms with van der Waals surface area (Å²) in [5.74, 6) is 0.632. The maximum Gasteiger partial charge on any atom is 0.307 e. The van der Waals surface area contributed by atoms with Crippen LogP contribution in [0.3, 0.4) is 0 Å². The van der Waals surface area contributed by atoms with Gasteiger partial charge >= 0.3 is 5.97 Å². The highest BCUT2D eigenvalue weighted by molar-refractivity contribution is 5.75. The van der Waals surface area contributed by atoms with Crippen LogP contribution in [0.25, 0.3) is 0 Å². The van der Waals surface area contributed by atoms with E-state index < -0.39 is 5.97 Å². The fourth-order valence-electron chi connectivity index (χ4n) is 1.90. The average Bonchev–Trinajstić information content (AvgIpc) is 2.43. The van der Waals surface area contributed by atoms with Crippen LogP contribution in [-0.2, 0) is 11.2 Å². The van der Waals surface area contributed by atoms with Crippen molar-refractivity contribution in [1.29, 1.82) is 0 Å². The summed E-state index contributed by atoms with van der Waals surface area (Å²) >= 11 is 0. The zero-order chi connectivity index (χ0) is 15.4. The van der Waals surface area contributed by atoms with Gasteiger partial charge in [0, 0.05) is 0 Å². The van der Waals surface area contributed by atoms with E-state index in [1.54, 1.807) is 43.5 Å². The molecule has 0 spiro atoms. The molecule has 0 aliphatic rings. The predicted octanol–water partition coefficient (Wildman–Crippen LogP) is 2.28. The molecule has 2 rings (SSSR count). The zero-order valence-electron chi connectivity index (χ0n) is 11.5. The van der Waals surface area contributed by atoms with Gasteiger partial charge in [-0.25, -0.2) is 0 Å². The highest BCUT2D eigenvalue weighted by Gasteiger charge is 2.11. The van der Waals surface area contributed by atoms with Crippen molar-refractivity contribution in [3.05, 3.63) is 42.0 Å². The Hall–Kier alpha value is -2.89. The van der Waals surface area contributed by atoms with Crippen molar-refractivity contribution in [2.45, 2.75) is 6.42 Å². The Balaban J connectivity index is 2.24. The Morgan fingerprint density at radius 1 is 1.10 bits per heavy atom. The molecule has 6 heteroatoms. The maximum atomic E-state index is 10.7. The van der Waals surface area contributed by atoms with Gasteiger partial charge in [-0.15, -0.1) is 0 Å². The number of carbonyl (C=O) groups is 1. The fraction of sp³-hybridized carbons (Fsp3) is 0.133. The van der Waals surface area contributed by atoms with E-state index >= 15 is 0 Å². The van der Waals surface area contributed by atoms with Crippen LogP contribution >= 0.6 is 0 Å². The molecule has 0 aliphatic heterocycles. The number of carboxylic acid groups (broad SMARTS) is 1. The van der Waals surface area contributed by atoms with Crippen LogP contribution in [0.4, 0.5) is 11.4 Å². The van der Waals surface area contributed by atoms with Crippen molar-refractivity contribution in [3.8, 4) is 17.2 Å². The Bertz CT molecular complexity index is 630. The van der Waals surface area contributed by atoms with Gasteiger partial charge in [0.05, 0.1) is 24.9 Å². The quantitative estimate of drug-likeness (QED) is 0.728. The molecule has 21 heavy (non-hydrogen) atoms. The van der Waals surface area contributed by atoms with Crippen LogP contribution < -0.4 is 20.9 Å². The third kappa shape index (κ3) is 3.56. The number of rotatable bonds is 5. The third-order valence-corrected chi connectivity index (χ3v) is 2.84. The average molecular weight is 288 g/mol. The van der Waals surface area contributed by atoms with Gasteiger partial charge in [0.1, 0.15) is 11.5 Å². The molecule has 0 saturated carbocycles. The van der Waals surface area contributed by atoms with Gasteiger partial charge in [-0.05, 0) is 42.0 Å². The molecule has 0 heterocycles. The number of methoxy groups -OCH3 is 1. The first kappa shape index (κ1) is 14.5. The molecule has 0 radical (unpaired) electrons. The molecule has 0 bridgehead atoms. The summed E-state index contributed by atoms with van der Waals surface area (Å²) in [6.07, 6.45) is -0.142. The second kappa shape index (κ2) is 6.04. The molecule has 0 saturated heterocycles. The molecule has 5 N–H and O–H groups in total. The van der Waals surface area contributed by atoms with E-state index in [0.29, 0.717) is 34.2 Å². The monoisotopic (exact) mass is 288 g/mol. The molecule has 6 nitrogen and oxygen atoms in total. The van der Waals surface area contributed by atoms with E-state index in [1.807, 2.05) is 0 Å². The molecular formula is C15H16N2O4. The summed E-state index contributed by atoms with van der Waals surface area (Å²) in [7, 11) is 1.58. The lowest BCUT2D eigenvalue weighted by molar-refractivity contribution is -0.136.